The molecule has 0 N–H and O–H groups in total. The van der Waals surface area contributed by atoms with Crippen LogP contribution in [0.5, 0.6) is 0 Å². The van der Waals surface area contributed by atoms with Gasteiger partial charge in [-0.25, -0.2) is 0 Å². The van der Waals surface area contributed by atoms with E-state index in [-0.39, 0.29) is 11.9 Å². The van der Waals surface area contributed by atoms with E-state index in [0.29, 0.717) is 12.8 Å². The molecule has 0 saturated heterocycles. The standard InChI is InChI=1S/C36H72O4Si/c1-3-5-7-9-11-13-15-17-19-21-23-25-27-29-31-33-35(37)39-41-40-36(38)34-32-30-28-26-24-22-20-18-16-14-12-10-8-6-4-2/h3-34,41H2,1-2H3. The molecule has 0 atom stereocenters. The molecule has 0 aromatic carbocycles. The molecule has 0 aliphatic rings. The summed E-state index contributed by atoms with van der Waals surface area (Å²) in [6, 6.07) is 0. The highest BCUT2D eigenvalue weighted by molar-refractivity contribution is 6.25. The van der Waals surface area contributed by atoms with E-state index in [0.717, 1.165) is 25.7 Å². The zero-order valence-electron chi connectivity index (χ0n) is 28.0. The first kappa shape index (κ1) is 40.2. The molecule has 0 spiro atoms. The van der Waals surface area contributed by atoms with Crippen LogP contribution in [0.3, 0.4) is 0 Å². The zero-order chi connectivity index (χ0) is 29.9. The molecular formula is C36H72O4Si. The summed E-state index contributed by atoms with van der Waals surface area (Å²) in [4.78, 5) is 23.8. The molecule has 0 rings (SSSR count). The fraction of sp³-hybridized carbons (Fsp3) is 0.944. The number of hydrogen-bond donors (Lipinski definition) is 0. The SMILES string of the molecule is CCCCCCCCCCCCCCCCCC(=O)O[SiH2]OC(=O)CCCCCCCCCCCCCCCCC. The Morgan fingerprint density at radius 2 is 0.537 bits per heavy atom. The molecule has 0 unspecified atom stereocenters. The number of unbranched alkanes of at least 4 members (excludes halogenated alkanes) is 28. The van der Waals surface area contributed by atoms with E-state index in [1.54, 1.807) is 0 Å². The quantitative estimate of drug-likeness (QED) is 0.0547. The van der Waals surface area contributed by atoms with Crippen molar-refractivity contribution in [2.75, 3.05) is 0 Å². The Balaban J connectivity index is 3.26. The molecular weight excluding hydrogens is 524 g/mol. The molecule has 5 heteroatoms. The van der Waals surface area contributed by atoms with Crippen LogP contribution in [-0.4, -0.2) is 21.9 Å². The van der Waals surface area contributed by atoms with E-state index in [2.05, 4.69) is 13.8 Å². The molecule has 41 heavy (non-hydrogen) atoms. The minimum Gasteiger partial charge on any atom is -0.489 e. The largest absolute Gasteiger partial charge is 0.489 e. The molecule has 0 saturated carbocycles. The first-order valence-electron chi connectivity index (χ1n) is 18.5. The van der Waals surface area contributed by atoms with E-state index in [9.17, 15) is 9.59 Å². The number of carbonyl (C=O) groups is 2. The smallest absolute Gasteiger partial charge is 0.431 e. The maximum Gasteiger partial charge on any atom is 0.431 e. The maximum atomic E-state index is 11.9. The van der Waals surface area contributed by atoms with Gasteiger partial charge < -0.3 is 8.85 Å². The van der Waals surface area contributed by atoms with Crippen molar-refractivity contribution in [3.63, 3.8) is 0 Å². The van der Waals surface area contributed by atoms with Crippen molar-refractivity contribution in [1.82, 2.24) is 0 Å². The van der Waals surface area contributed by atoms with Crippen LogP contribution in [-0.2, 0) is 18.4 Å². The highest BCUT2D eigenvalue weighted by Crippen LogP contribution is 2.15. The first-order valence-corrected chi connectivity index (χ1v) is 19.7. The zero-order valence-corrected chi connectivity index (χ0v) is 29.4. The lowest BCUT2D eigenvalue weighted by atomic mass is 10.0. The Morgan fingerprint density at radius 1 is 0.341 bits per heavy atom. The van der Waals surface area contributed by atoms with Gasteiger partial charge in [0.1, 0.15) is 0 Å². The monoisotopic (exact) mass is 597 g/mol. The minimum absolute atomic E-state index is 0.189. The van der Waals surface area contributed by atoms with Crippen LogP contribution in [0.2, 0.25) is 0 Å². The molecule has 0 fully saturated rings. The predicted molar refractivity (Wildman–Crippen MR) is 180 cm³/mol. The van der Waals surface area contributed by atoms with Crippen LogP contribution >= 0.6 is 0 Å². The molecule has 0 amide bonds. The van der Waals surface area contributed by atoms with E-state index in [1.165, 1.54) is 167 Å². The van der Waals surface area contributed by atoms with Crippen molar-refractivity contribution in [3.8, 4) is 0 Å². The van der Waals surface area contributed by atoms with Crippen molar-refractivity contribution >= 4 is 21.9 Å². The second kappa shape index (κ2) is 35.4. The van der Waals surface area contributed by atoms with Crippen LogP contribution in [0, 0.1) is 0 Å². The summed E-state index contributed by atoms with van der Waals surface area (Å²) < 4.78 is 10.4. The lowest BCUT2D eigenvalue weighted by Gasteiger charge is -2.07. The van der Waals surface area contributed by atoms with Crippen molar-refractivity contribution in [1.29, 1.82) is 0 Å². The van der Waals surface area contributed by atoms with Gasteiger partial charge in [0.2, 0.25) is 0 Å². The topological polar surface area (TPSA) is 52.6 Å². The summed E-state index contributed by atoms with van der Waals surface area (Å²) in [6.07, 6.45) is 40.4. The lowest BCUT2D eigenvalue weighted by Crippen LogP contribution is -2.15. The molecule has 0 aromatic heterocycles. The number of rotatable bonds is 34. The van der Waals surface area contributed by atoms with Gasteiger partial charge in [-0.05, 0) is 12.8 Å². The second-order valence-corrected chi connectivity index (χ2v) is 13.4. The molecule has 0 aromatic rings. The third-order valence-electron chi connectivity index (χ3n) is 8.41. The maximum absolute atomic E-state index is 11.9. The van der Waals surface area contributed by atoms with E-state index < -0.39 is 10.0 Å². The first-order chi connectivity index (χ1) is 20.2. The van der Waals surface area contributed by atoms with Crippen LogP contribution < -0.4 is 0 Å². The minimum atomic E-state index is -1.51. The third kappa shape index (κ3) is 35.3. The van der Waals surface area contributed by atoms with Crippen LogP contribution in [0.25, 0.3) is 0 Å². The van der Waals surface area contributed by atoms with Gasteiger partial charge in [0.05, 0.1) is 0 Å². The molecule has 0 aliphatic heterocycles. The van der Waals surface area contributed by atoms with Gasteiger partial charge in [-0.1, -0.05) is 194 Å². The van der Waals surface area contributed by atoms with Crippen molar-refractivity contribution in [2.24, 2.45) is 0 Å². The number of hydrogen-bond acceptors (Lipinski definition) is 4. The summed E-state index contributed by atoms with van der Waals surface area (Å²) >= 11 is 0. The highest BCUT2D eigenvalue weighted by Gasteiger charge is 2.07. The van der Waals surface area contributed by atoms with Gasteiger partial charge in [0.25, 0.3) is 11.9 Å². The molecule has 0 aliphatic carbocycles. The Labute approximate surface area is 259 Å². The van der Waals surface area contributed by atoms with E-state index in [1.807, 2.05) is 0 Å². The van der Waals surface area contributed by atoms with Crippen molar-refractivity contribution < 1.29 is 18.4 Å². The van der Waals surface area contributed by atoms with E-state index in [4.69, 9.17) is 8.85 Å². The molecule has 0 heterocycles. The Bertz CT molecular complexity index is 494. The van der Waals surface area contributed by atoms with Crippen LogP contribution in [0.1, 0.15) is 219 Å². The molecule has 244 valence electrons. The second-order valence-electron chi connectivity index (χ2n) is 12.6. The fourth-order valence-corrected chi connectivity index (χ4v) is 6.20. The average Bonchev–Trinajstić information content (AvgIpc) is 2.97. The third-order valence-corrected chi connectivity index (χ3v) is 9.29. The van der Waals surface area contributed by atoms with Gasteiger partial charge in [-0.3, -0.25) is 9.59 Å². The summed E-state index contributed by atoms with van der Waals surface area (Å²) in [6.45, 7) is 4.55. The van der Waals surface area contributed by atoms with Gasteiger partial charge in [0, 0.05) is 12.8 Å². The van der Waals surface area contributed by atoms with Gasteiger partial charge in [-0.2, -0.15) is 0 Å². The normalized spacial score (nSPS) is 11.2. The van der Waals surface area contributed by atoms with Gasteiger partial charge >= 0.3 is 10.0 Å². The highest BCUT2D eigenvalue weighted by atomic mass is 28.3. The van der Waals surface area contributed by atoms with Crippen LogP contribution in [0.4, 0.5) is 0 Å². The van der Waals surface area contributed by atoms with Gasteiger partial charge in [-0.15, -0.1) is 0 Å². The van der Waals surface area contributed by atoms with Crippen molar-refractivity contribution in [2.45, 2.75) is 219 Å². The van der Waals surface area contributed by atoms with Crippen molar-refractivity contribution in [3.05, 3.63) is 0 Å². The number of carbonyl (C=O) groups excluding carboxylic acids is 2. The Morgan fingerprint density at radius 3 is 0.756 bits per heavy atom. The Kier molecular flexibility index (Phi) is 34.6. The Hall–Kier alpha value is -0.843. The summed E-state index contributed by atoms with van der Waals surface area (Å²) in [5, 5.41) is 0. The molecule has 0 bridgehead atoms. The lowest BCUT2D eigenvalue weighted by molar-refractivity contribution is -0.139. The van der Waals surface area contributed by atoms with E-state index >= 15 is 0 Å². The predicted octanol–water partition coefficient (Wildman–Crippen LogP) is 11.6. The fourth-order valence-electron chi connectivity index (χ4n) is 5.59. The van der Waals surface area contributed by atoms with Gasteiger partial charge in [0.15, 0.2) is 0 Å². The van der Waals surface area contributed by atoms with Crippen LogP contribution in [0.15, 0.2) is 0 Å². The average molecular weight is 597 g/mol. The summed E-state index contributed by atoms with van der Waals surface area (Å²) in [7, 11) is -1.51. The summed E-state index contributed by atoms with van der Waals surface area (Å²) in [5.41, 5.74) is 0. The molecule has 0 radical (unpaired) electrons. The summed E-state index contributed by atoms with van der Waals surface area (Å²) in [5.74, 6) is -0.378. The molecule has 4 nitrogen and oxygen atoms in total.